The number of halogens is 8. The first-order valence-corrected chi connectivity index (χ1v) is 16.6. The normalized spacial score (nSPS) is 11.8. The van der Waals surface area contributed by atoms with E-state index in [9.17, 15) is 26.3 Å². The van der Waals surface area contributed by atoms with Crippen molar-refractivity contribution >= 4 is 3.21 Å². The van der Waals surface area contributed by atoms with E-state index in [1.807, 2.05) is 6.07 Å². The van der Waals surface area contributed by atoms with Gasteiger partial charge in [-0.3, -0.25) is 0 Å². The van der Waals surface area contributed by atoms with Crippen LogP contribution in [-0.4, -0.2) is 3.21 Å². The fraction of sp³-hybridized carbons (Fsp3) is 0.250. The van der Waals surface area contributed by atoms with Gasteiger partial charge in [-0.25, -0.2) is 6.07 Å². The minimum atomic E-state index is -4.49. The quantitative estimate of drug-likeness (QED) is 0.162. The average molecular weight is 793 g/mol. The number of benzene rings is 4. The van der Waals surface area contributed by atoms with Crippen molar-refractivity contribution in [2.24, 2.45) is 0 Å². The van der Waals surface area contributed by atoms with Gasteiger partial charge in [-0.2, -0.15) is 53.1 Å². The van der Waals surface area contributed by atoms with E-state index in [0.717, 1.165) is 54.9 Å². The molecular weight excluding hydrogens is 757 g/mol. The summed E-state index contributed by atoms with van der Waals surface area (Å²) in [6.07, 6.45) is -5.46. The summed E-state index contributed by atoms with van der Waals surface area (Å²) in [7, 11) is 0. The molecule has 0 nitrogen and oxygen atoms in total. The van der Waals surface area contributed by atoms with E-state index in [0.29, 0.717) is 8.62 Å². The Morgan fingerprint density at radius 3 is 1.78 bits per heavy atom. The molecule has 0 aliphatic heterocycles. The second-order valence-electron chi connectivity index (χ2n) is 12.4. The number of rotatable bonds is 4. The van der Waals surface area contributed by atoms with Gasteiger partial charge in [-0.15, -0.1) is 5.56 Å². The van der Waals surface area contributed by atoms with Gasteiger partial charge in [0.2, 0.25) is 0 Å². The molecule has 0 N–H and O–H groups in total. The maximum Gasteiger partial charge on any atom is -0.0253 e. The van der Waals surface area contributed by atoms with E-state index in [1.165, 1.54) is 70.5 Å². The van der Waals surface area contributed by atoms with Crippen LogP contribution >= 0.6 is 0 Å². The van der Waals surface area contributed by atoms with E-state index >= 15 is 0 Å². The van der Waals surface area contributed by atoms with Crippen molar-refractivity contribution in [1.82, 2.24) is 0 Å². The Bertz CT molecular complexity index is 1710. The van der Waals surface area contributed by atoms with E-state index in [1.54, 1.807) is 0 Å². The Morgan fingerprint density at radius 1 is 0.714 bits per heavy atom. The van der Waals surface area contributed by atoms with Crippen molar-refractivity contribution in [1.29, 1.82) is 0 Å². The molecule has 0 fully saturated rings. The minimum Gasteiger partial charge on any atom is -1.00 e. The van der Waals surface area contributed by atoms with E-state index < -0.39 is 23.5 Å². The molecule has 0 radical (unpaired) electrons. The Balaban J connectivity index is 0.000000265. The van der Waals surface area contributed by atoms with Crippen LogP contribution in [0.3, 0.4) is 0 Å². The minimum absolute atomic E-state index is 0. The monoisotopic (exact) mass is 790 g/mol. The van der Waals surface area contributed by atoms with Crippen LogP contribution in [0.2, 0.25) is 0 Å². The molecule has 0 atom stereocenters. The van der Waals surface area contributed by atoms with Crippen molar-refractivity contribution in [2.75, 3.05) is 0 Å². The molecule has 258 valence electrons. The fourth-order valence-electron chi connectivity index (χ4n) is 5.27. The van der Waals surface area contributed by atoms with Gasteiger partial charge in [0, 0.05) is 0 Å². The third-order valence-corrected chi connectivity index (χ3v) is 9.22. The summed E-state index contributed by atoms with van der Waals surface area (Å²) in [5.41, 5.74) is 7.67. The third kappa shape index (κ3) is 11.6. The molecular formula is C40H36Cl2F6Zr-2. The molecule has 1 aliphatic carbocycles. The van der Waals surface area contributed by atoms with E-state index in [2.05, 4.69) is 88.4 Å². The molecule has 6 rings (SSSR count). The van der Waals surface area contributed by atoms with E-state index in [4.69, 9.17) is 0 Å². The molecule has 0 bridgehead atoms. The molecule has 0 aromatic heterocycles. The van der Waals surface area contributed by atoms with Gasteiger partial charge >= 0.3 is 137 Å². The van der Waals surface area contributed by atoms with Crippen LogP contribution in [0.15, 0.2) is 109 Å². The zero-order valence-corrected chi connectivity index (χ0v) is 31.5. The van der Waals surface area contributed by atoms with Crippen molar-refractivity contribution in [3.8, 4) is 11.1 Å². The number of aryl methyl sites for hydroxylation is 1. The Kier molecular flexibility index (Phi) is 15.4. The van der Waals surface area contributed by atoms with Gasteiger partial charge in [0.05, 0.1) is 0 Å². The molecule has 5 aromatic carbocycles. The van der Waals surface area contributed by atoms with Crippen molar-refractivity contribution in [3.05, 3.63) is 160 Å². The summed E-state index contributed by atoms with van der Waals surface area (Å²) in [6, 6.07) is 34.1. The van der Waals surface area contributed by atoms with Crippen LogP contribution in [-0.2, 0) is 54.8 Å². The number of hydrogen-bond donors (Lipinski definition) is 0. The maximum atomic E-state index is 12.7. The number of hydrogen-bond acceptors (Lipinski definition) is 0. The third-order valence-electron chi connectivity index (χ3n) is 7.80. The molecule has 1 aliphatic rings. The smallest absolute Gasteiger partial charge is 0.0253 e. The first kappa shape index (κ1) is 42.3. The zero-order valence-electron chi connectivity index (χ0n) is 27.5. The first-order chi connectivity index (χ1) is 22.1. The Morgan fingerprint density at radius 2 is 1.27 bits per heavy atom. The van der Waals surface area contributed by atoms with E-state index in [-0.39, 0.29) is 35.9 Å². The first-order valence-electron chi connectivity index (χ1n) is 15.4. The van der Waals surface area contributed by atoms with Gasteiger partial charge in [-0.05, 0) is 6.42 Å². The standard InChI is InChI=1S/C15H8F6.C13H9.C12H19.2ClH.Zr/c16-14(17,18)12-5-1-3-10(8-12)7-11-4-2-6-13(9-11)15(19,20)21;1-3-7-12-10(5-1)9-11-6-2-4-8-13(11)12;1-5-6-10-7-8-11(9-10)12(2,3)4;;;/h1-6,8-9H;1-5,7-8H,9H2;7-9H,5-6H2,1-4H3;2*1H;/q;2*-1;;;+2/p-2. The molecule has 0 unspecified atom stereocenters. The molecule has 0 saturated heterocycles. The largest absolute Gasteiger partial charge is 1.00 e. The van der Waals surface area contributed by atoms with Gasteiger partial charge in [0.1, 0.15) is 0 Å². The fourth-order valence-corrected chi connectivity index (χ4v) is 6.03. The summed E-state index contributed by atoms with van der Waals surface area (Å²) in [4.78, 5) is 0. The van der Waals surface area contributed by atoms with Crippen molar-refractivity contribution in [3.63, 3.8) is 0 Å². The molecule has 9 heteroatoms. The van der Waals surface area contributed by atoms with Crippen molar-refractivity contribution < 1.29 is 75.4 Å². The zero-order chi connectivity index (χ0) is 34.4. The van der Waals surface area contributed by atoms with Crippen LogP contribution in [0.25, 0.3) is 11.1 Å². The molecule has 0 amide bonds. The SMILES string of the molecule is CCCc1cc(C(C)(C)C)c[cH-]1.FC(F)(F)c1cccc([C](=[Zr+2])c2cccc(C(F)(F)F)c2)c1.[Cl-].[Cl-].[c-]1cccc2c1Cc1ccccc1-2. The van der Waals surface area contributed by atoms with Crippen LogP contribution in [0, 0.1) is 6.07 Å². The second-order valence-corrected chi connectivity index (χ2v) is 13.7. The predicted octanol–water partition coefficient (Wildman–Crippen LogP) is 5.56. The maximum absolute atomic E-state index is 12.7. The predicted molar refractivity (Wildman–Crippen MR) is 174 cm³/mol. The molecule has 5 aromatic rings. The summed E-state index contributed by atoms with van der Waals surface area (Å²) in [6.45, 7) is 9.01. The van der Waals surface area contributed by atoms with Crippen LogP contribution in [0.1, 0.15) is 78.6 Å². The Labute approximate surface area is 312 Å². The summed E-state index contributed by atoms with van der Waals surface area (Å²) >= 11 is 0.729. The van der Waals surface area contributed by atoms with Gasteiger partial charge < -0.3 is 24.8 Å². The number of fused-ring (bicyclic) bond motifs is 3. The summed E-state index contributed by atoms with van der Waals surface area (Å²) in [5.74, 6) is 0. The molecule has 49 heavy (non-hydrogen) atoms. The second kappa shape index (κ2) is 17.9. The average Bonchev–Trinajstić information content (AvgIpc) is 3.66. The Hall–Kier alpha value is -2.86. The molecule has 0 heterocycles. The summed E-state index contributed by atoms with van der Waals surface area (Å²) < 4.78 is 76.7. The van der Waals surface area contributed by atoms with Gasteiger partial charge in [-0.1, -0.05) is 81.3 Å². The number of alkyl halides is 6. The molecule has 0 spiro atoms. The van der Waals surface area contributed by atoms with Crippen molar-refractivity contribution in [2.45, 2.75) is 64.7 Å². The van der Waals surface area contributed by atoms with Gasteiger partial charge in [0.25, 0.3) is 0 Å². The van der Waals surface area contributed by atoms with Crippen LogP contribution in [0.5, 0.6) is 0 Å². The summed E-state index contributed by atoms with van der Waals surface area (Å²) in [5, 5.41) is 0. The van der Waals surface area contributed by atoms with Crippen LogP contribution in [0.4, 0.5) is 26.3 Å². The molecule has 0 saturated carbocycles. The topological polar surface area (TPSA) is 0 Å². The van der Waals surface area contributed by atoms with Crippen LogP contribution < -0.4 is 24.8 Å². The van der Waals surface area contributed by atoms with Gasteiger partial charge in [0.15, 0.2) is 0 Å².